The maximum atomic E-state index is 14.2. The summed E-state index contributed by atoms with van der Waals surface area (Å²) in [4.78, 5) is 29.1. The Hall–Kier alpha value is -4.13. The van der Waals surface area contributed by atoms with Gasteiger partial charge in [-0.25, -0.2) is 4.52 Å². The van der Waals surface area contributed by atoms with E-state index >= 15 is 0 Å². The second-order valence-electron chi connectivity index (χ2n) is 10.8. The molecule has 7 rings (SSSR count). The minimum atomic E-state index is -4.61. The molecule has 2 aliphatic rings. The molecule has 2 N–H and O–H groups in total. The summed E-state index contributed by atoms with van der Waals surface area (Å²) in [6.07, 6.45) is 0.431. The number of benzene rings is 2. The molecule has 0 spiro atoms. The van der Waals surface area contributed by atoms with Crippen molar-refractivity contribution >= 4 is 44.2 Å². The maximum absolute atomic E-state index is 14.2. The van der Waals surface area contributed by atoms with Gasteiger partial charge >= 0.3 is 6.18 Å². The van der Waals surface area contributed by atoms with Crippen LogP contribution in [0.15, 0.2) is 51.9 Å². The van der Waals surface area contributed by atoms with Crippen LogP contribution in [0.3, 0.4) is 0 Å². The molecule has 42 heavy (non-hydrogen) atoms. The van der Waals surface area contributed by atoms with Gasteiger partial charge in [-0.3, -0.25) is 19.3 Å². The lowest BCUT2D eigenvalue weighted by Crippen LogP contribution is -2.41. The van der Waals surface area contributed by atoms with Crippen LogP contribution < -0.4 is 10.9 Å². The number of aromatic nitrogens is 5. The second-order valence-corrected chi connectivity index (χ2v) is 11.7. The summed E-state index contributed by atoms with van der Waals surface area (Å²) in [5.74, 6) is 0.701. The normalized spacial score (nSPS) is 15.4. The number of aromatic amines is 1. The highest BCUT2D eigenvalue weighted by atomic mass is 79.9. The lowest BCUT2D eigenvalue weighted by molar-refractivity contribution is -0.138. The Morgan fingerprint density at radius 3 is 2.74 bits per heavy atom. The average molecular weight is 640 g/mol. The number of fused-ring (bicyclic) bond motifs is 4. The quantitative estimate of drug-likeness (QED) is 0.271. The fourth-order valence-corrected chi connectivity index (χ4v) is 6.27. The summed E-state index contributed by atoms with van der Waals surface area (Å²) in [6, 6.07) is 9.14. The molecule has 9 nitrogen and oxygen atoms in total. The number of rotatable bonds is 5. The number of carbonyl (C=O) groups excluding carboxylic acids is 1. The number of alkyl halides is 3. The molecular formula is C29H25BrF3N7O2. The number of amides is 1. The van der Waals surface area contributed by atoms with E-state index in [1.807, 2.05) is 18.2 Å². The largest absolute Gasteiger partial charge is 0.417 e. The molecule has 0 unspecified atom stereocenters. The molecule has 1 amide bonds. The van der Waals surface area contributed by atoms with Crippen molar-refractivity contribution in [2.75, 3.05) is 18.9 Å². The summed E-state index contributed by atoms with van der Waals surface area (Å²) in [5.41, 5.74) is 2.93. The van der Waals surface area contributed by atoms with Crippen molar-refractivity contribution in [2.45, 2.75) is 38.4 Å². The monoisotopic (exact) mass is 639 g/mol. The zero-order valence-electron chi connectivity index (χ0n) is 22.4. The first-order valence-corrected chi connectivity index (χ1v) is 14.4. The van der Waals surface area contributed by atoms with Crippen molar-refractivity contribution in [3.05, 3.63) is 85.4 Å². The Labute approximate surface area is 245 Å². The van der Waals surface area contributed by atoms with Crippen LogP contribution in [0.5, 0.6) is 0 Å². The molecule has 0 atom stereocenters. The highest BCUT2D eigenvalue weighted by molar-refractivity contribution is 9.10. The lowest BCUT2D eigenvalue weighted by Gasteiger charge is -2.30. The number of carbonyl (C=O) groups is 1. The minimum absolute atomic E-state index is 0.0494. The fraction of sp³-hybridized carbons (Fsp3) is 0.310. The van der Waals surface area contributed by atoms with E-state index in [-0.39, 0.29) is 35.1 Å². The fourth-order valence-electron chi connectivity index (χ4n) is 5.80. The van der Waals surface area contributed by atoms with E-state index in [4.69, 9.17) is 0 Å². The number of hydrogen-bond acceptors (Lipinski definition) is 5. The molecule has 1 aliphatic carbocycles. The zero-order chi connectivity index (χ0) is 29.3. The van der Waals surface area contributed by atoms with E-state index in [0.717, 1.165) is 41.8 Å². The molecule has 3 aromatic heterocycles. The van der Waals surface area contributed by atoms with Crippen LogP contribution in [0.25, 0.3) is 22.2 Å². The third-order valence-corrected chi connectivity index (χ3v) is 8.81. The van der Waals surface area contributed by atoms with Gasteiger partial charge in [-0.05, 0) is 68.0 Å². The maximum Gasteiger partial charge on any atom is 0.417 e. The molecule has 1 fully saturated rings. The number of anilines is 1. The van der Waals surface area contributed by atoms with Crippen molar-refractivity contribution < 1.29 is 18.0 Å². The molecule has 216 valence electrons. The van der Waals surface area contributed by atoms with E-state index in [1.54, 1.807) is 22.3 Å². The van der Waals surface area contributed by atoms with Gasteiger partial charge in [0.2, 0.25) is 0 Å². The summed E-state index contributed by atoms with van der Waals surface area (Å²) in [6.45, 7) is 0.235. The van der Waals surface area contributed by atoms with Crippen LogP contribution in [0.4, 0.5) is 19.0 Å². The van der Waals surface area contributed by atoms with Crippen molar-refractivity contribution in [2.24, 2.45) is 5.92 Å². The molecule has 0 saturated heterocycles. The minimum Gasteiger partial charge on any atom is -0.371 e. The van der Waals surface area contributed by atoms with Crippen molar-refractivity contribution in [3.8, 4) is 5.69 Å². The van der Waals surface area contributed by atoms with Gasteiger partial charge in [0.05, 0.1) is 35.2 Å². The summed E-state index contributed by atoms with van der Waals surface area (Å²) in [5, 5.41) is 15.9. The smallest absolute Gasteiger partial charge is 0.371 e. The number of halogens is 4. The van der Waals surface area contributed by atoms with Crippen LogP contribution in [0.2, 0.25) is 0 Å². The van der Waals surface area contributed by atoms with Crippen LogP contribution in [0.1, 0.15) is 45.6 Å². The molecule has 5 aromatic rings. The van der Waals surface area contributed by atoms with Gasteiger partial charge in [0, 0.05) is 40.1 Å². The third kappa shape index (κ3) is 4.37. The first-order valence-electron chi connectivity index (χ1n) is 13.6. The SMILES string of the molecule is CNc1n[nH]c2cc(-n3c(=O)c4c(n5ncc(CC6CC6)c35)CN(C(=O)c3ccc(Br)c(C(F)(F)F)c3)CC4)ccc12. The zero-order valence-corrected chi connectivity index (χ0v) is 24.0. The highest BCUT2D eigenvalue weighted by Crippen LogP contribution is 2.37. The van der Waals surface area contributed by atoms with E-state index in [9.17, 15) is 22.8 Å². The summed E-state index contributed by atoms with van der Waals surface area (Å²) >= 11 is 2.93. The first kappa shape index (κ1) is 26.7. The average Bonchev–Trinajstić information content (AvgIpc) is 3.55. The summed E-state index contributed by atoms with van der Waals surface area (Å²) in [7, 11) is 1.79. The lowest BCUT2D eigenvalue weighted by atomic mass is 10.0. The number of nitrogens with zero attached hydrogens (tertiary/aromatic N) is 5. The molecule has 0 radical (unpaired) electrons. The van der Waals surface area contributed by atoms with Gasteiger partial charge in [0.1, 0.15) is 5.65 Å². The molecule has 13 heteroatoms. The van der Waals surface area contributed by atoms with Gasteiger partial charge in [0.25, 0.3) is 11.5 Å². The predicted molar refractivity (Wildman–Crippen MR) is 154 cm³/mol. The van der Waals surface area contributed by atoms with Gasteiger partial charge < -0.3 is 10.2 Å². The van der Waals surface area contributed by atoms with Crippen molar-refractivity contribution in [1.29, 1.82) is 0 Å². The van der Waals surface area contributed by atoms with Gasteiger partial charge in [-0.2, -0.15) is 23.4 Å². The van der Waals surface area contributed by atoms with Crippen LogP contribution in [0, 0.1) is 5.92 Å². The Morgan fingerprint density at radius 1 is 1.19 bits per heavy atom. The van der Waals surface area contributed by atoms with Crippen molar-refractivity contribution in [3.63, 3.8) is 0 Å². The first-order chi connectivity index (χ1) is 20.1. The van der Waals surface area contributed by atoms with Crippen LogP contribution in [-0.4, -0.2) is 48.8 Å². The Balaban J connectivity index is 1.34. The van der Waals surface area contributed by atoms with E-state index in [1.165, 1.54) is 17.0 Å². The Kier molecular flexibility index (Phi) is 6.19. The summed E-state index contributed by atoms with van der Waals surface area (Å²) < 4.78 is 43.8. The van der Waals surface area contributed by atoms with Gasteiger partial charge in [-0.15, -0.1) is 0 Å². The molecule has 2 aromatic carbocycles. The topological polar surface area (TPSA) is 100 Å². The molecule has 0 bridgehead atoms. The van der Waals surface area contributed by atoms with Crippen molar-refractivity contribution in [1.82, 2.24) is 29.3 Å². The third-order valence-electron chi connectivity index (χ3n) is 8.12. The van der Waals surface area contributed by atoms with Crippen LogP contribution >= 0.6 is 15.9 Å². The van der Waals surface area contributed by atoms with Gasteiger partial charge in [-0.1, -0.05) is 15.9 Å². The Bertz CT molecular complexity index is 1960. The predicted octanol–water partition coefficient (Wildman–Crippen LogP) is 5.34. The second kappa shape index (κ2) is 9.72. The standard InChI is InChI=1S/C29H25BrF3N7O2/c1-34-25-19-6-5-18(12-23(19)36-37-25)39-26-17(10-15-2-3-15)13-35-40(26)24-14-38(9-8-20(24)28(39)42)27(41)16-4-7-22(30)21(11-16)29(31,32)33/h4-7,11-13,15H,2-3,8-10,14H2,1H3,(H2,34,36,37). The van der Waals surface area contributed by atoms with E-state index in [2.05, 4.69) is 36.5 Å². The number of nitrogens with one attached hydrogen (secondary N) is 2. The molecule has 1 saturated carbocycles. The van der Waals surface area contributed by atoms with E-state index < -0.39 is 17.6 Å². The van der Waals surface area contributed by atoms with E-state index in [0.29, 0.717) is 34.3 Å². The highest BCUT2D eigenvalue weighted by Gasteiger charge is 2.35. The van der Waals surface area contributed by atoms with Gasteiger partial charge in [0.15, 0.2) is 5.82 Å². The number of hydrogen-bond donors (Lipinski definition) is 2. The molecule has 4 heterocycles. The number of H-pyrrole nitrogens is 1. The molecule has 1 aliphatic heterocycles. The molecular weight excluding hydrogens is 615 g/mol. The van der Waals surface area contributed by atoms with Crippen LogP contribution in [-0.2, 0) is 25.6 Å². The Morgan fingerprint density at radius 2 is 2.00 bits per heavy atom.